The van der Waals surface area contributed by atoms with Crippen molar-refractivity contribution in [3.05, 3.63) is 0 Å². The summed E-state index contributed by atoms with van der Waals surface area (Å²) < 4.78 is 5.39. The van der Waals surface area contributed by atoms with Crippen LogP contribution < -0.4 is 5.32 Å². The van der Waals surface area contributed by atoms with Crippen molar-refractivity contribution in [2.24, 2.45) is 5.92 Å². The number of rotatable bonds is 2. The van der Waals surface area contributed by atoms with Gasteiger partial charge in [0.15, 0.2) is 0 Å². The number of ether oxygens (including phenoxy) is 1. The minimum absolute atomic E-state index is 0.703. The van der Waals surface area contributed by atoms with Gasteiger partial charge in [0, 0.05) is 38.8 Å². The van der Waals surface area contributed by atoms with Crippen molar-refractivity contribution < 1.29 is 4.74 Å². The molecule has 0 aliphatic carbocycles. The number of nitrogens with zero attached hydrogens (tertiary/aromatic N) is 1. The second kappa shape index (κ2) is 4.40. The molecule has 2 aliphatic heterocycles. The fourth-order valence-electron chi connectivity index (χ4n) is 2.21. The number of piperazine rings is 1. The molecule has 2 rings (SSSR count). The van der Waals surface area contributed by atoms with Crippen molar-refractivity contribution in [1.29, 1.82) is 0 Å². The zero-order valence-electron chi connectivity index (χ0n) is 8.46. The van der Waals surface area contributed by atoms with E-state index in [0.29, 0.717) is 6.04 Å². The van der Waals surface area contributed by atoms with Crippen LogP contribution in [0.25, 0.3) is 0 Å². The second-order valence-electron chi connectivity index (χ2n) is 4.28. The van der Waals surface area contributed by atoms with Crippen molar-refractivity contribution in [2.45, 2.75) is 19.4 Å². The predicted octanol–water partition coefficient (Wildman–Crippen LogP) is 0.317. The van der Waals surface area contributed by atoms with E-state index in [4.69, 9.17) is 4.74 Å². The van der Waals surface area contributed by atoms with E-state index >= 15 is 0 Å². The largest absolute Gasteiger partial charge is 0.381 e. The summed E-state index contributed by atoms with van der Waals surface area (Å²) in [5, 5.41) is 3.42. The predicted molar refractivity (Wildman–Crippen MR) is 52.8 cm³/mol. The molecule has 2 heterocycles. The molecule has 2 fully saturated rings. The molecule has 0 aromatic carbocycles. The first-order valence-corrected chi connectivity index (χ1v) is 5.39. The third-order valence-electron chi connectivity index (χ3n) is 3.16. The minimum atomic E-state index is 0.703. The molecule has 0 saturated carbocycles. The third kappa shape index (κ3) is 2.42. The molecule has 3 heteroatoms. The SMILES string of the molecule is C[C@H]1CNCCN1CC1CCOC1. The van der Waals surface area contributed by atoms with E-state index in [9.17, 15) is 0 Å². The Morgan fingerprint density at radius 2 is 2.46 bits per heavy atom. The van der Waals surface area contributed by atoms with Gasteiger partial charge in [-0.1, -0.05) is 0 Å². The number of hydrogen-bond donors (Lipinski definition) is 1. The summed E-state index contributed by atoms with van der Waals surface area (Å²) in [5.41, 5.74) is 0. The summed E-state index contributed by atoms with van der Waals surface area (Å²) in [6.45, 7) is 9.01. The lowest BCUT2D eigenvalue weighted by Crippen LogP contribution is -2.51. The lowest BCUT2D eigenvalue weighted by atomic mass is 10.1. The van der Waals surface area contributed by atoms with Crippen LogP contribution in [-0.2, 0) is 4.74 Å². The van der Waals surface area contributed by atoms with Gasteiger partial charge in [0.05, 0.1) is 6.61 Å². The first kappa shape index (κ1) is 9.44. The molecular weight excluding hydrogens is 164 g/mol. The highest BCUT2D eigenvalue weighted by molar-refractivity contribution is 4.79. The molecule has 2 atom stereocenters. The van der Waals surface area contributed by atoms with Crippen LogP contribution >= 0.6 is 0 Å². The molecule has 0 spiro atoms. The first-order chi connectivity index (χ1) is 6.36. The van der Waals surface area contributed by atoms with Crippen LogP contribution in [-0.4, -0.2) is 50.3 Å². The summed E-state index contributed by atoms with van der Waals surface area (Å²) >= 11 is 0. The number of hydrogen-bond acceptors (Lipinski definition) is 3. The third-order valence-corrected chi connectivity index (χ3v) is 3.16. The minimum Gasteiger partial charge on any atom is -0.381 e. The van der Waals surface area contributed by atoms with Crippen LogP contribution in [0.2, 0.25) is 0 Å². The Balaban J connectivity index is 1.78. The van der Waals surface area contributed by atoms with E-state index < -0.39 is 0 Å². The molecule has 0 aromatic rings. The molecule has 0 radical (unpaired) electrons. The highest BCUT2D eigenvalue weighted by Gasteiger charge is 2.23. The average molecular weight is 184 g/mol. The van der Waals surface area contributed by atoms with Crippen LogP contribution in [0.4, 0.5) is 0 Å². The highest BCUT2D eigenvalue weighted by atomic mass is 16.5. The summed E-state index contributed by atoms with van der Waals surface area (Å²) in [6, 6.07) is 0.703. The van der Waals surface area contributed by atoms with E-state index in [2.05, 4.69) is 17.1 Å². The van der Waals surface area contributed by atoms with Gasteiger partial charge in [0.2, 0.25) is 0 Å². The Morgan fingerprint density at radius 1 is 1.54 bits per heavy atom. The Bertz CT molecular complexity index is 157. The van der Waals surface area contributed by atoms with Gasteiger partial charge in [-0.3, -0.25) is 4.90 Å². The molecule has 1 unspecified atom stereocenters. The van der Waals surface area contributed by atoms with Crippen LogP contribution in [0.3, 0.4) is 0 Å². The molecule has 1 N–H and O–H groups in total. The van der Waals surface area contributed by atoms with E-state index in [1.54, 1.807) is 0 Å². The molecule has 3 nitrogen and oxygen atoms in total. The molecule has 13 heavy (non-hydrogen) atoms. The van der Waals surface area contributed by atoms with Gasteiger partial charge in [-0.15, -0.1) is 0 Å². The van der Waals surface area contributed by atoms with Crippen molar-refractivity contribution in [3.63, 3.8) is 0 Å². The summed E-state index contributed by atoms with van der Waals surface area (Å²) in [6.07, 6.45) is 1.26. The molecule has 2 aliphatic rings. The van der Waals surface area contributed by atoms with Crippen LogP contribution in [0.5, 0.6) is 0 Å². The summed E-state index contributed by atoms with van der Waals surface area (Å²) in [5.74, 6) is 0.792. The fourth-order valence-corrected chi connectivity index (χ4v) is 2.21. The van der Waals surface area contributed by atoms with Gasteiger partial charge in [0.25, 0.3) is 0 Å². The summed E-state index contributed by atoms with van der Waals surface area (Å²) in [4.78, 5) is 2.59. The topological polar surface area (TPSA) is 24.5 Å². The normalized spacial score (nSPS) is 36.7. The standard InChI is InChI=1S/C10H20N2O/c1-9-6-11-3-4-12(9)7-10-2-5-13-8-10/h9-11H,2-8H2,1H3/t9-,10?/m0/s1. The molecule has 0 amide bonds. The highest BCUT2D eigenvalue weighted by Crippen LogP contribution is 2.15. The Morgan fingerprint density at radius 3 is 3.15 bits per heavy atom. The lowest BCUT2D eigenvalue weighted by molar-refractivity contribution is 0.131. The Hall–Kier alpha value is -0.120. The van der Waals surface area contributed by atoms with Crippen molar-refractivity contribution in [3.8, 4) is 0 Å². The van der Waals surface area contributed by atoms with Gasteiger partial charge in [0.1, 0.15) is 0 Å². The van der Waals surface area contributed by atoms with E-state index in [-0.39, 0.29) is 0 Å². The van der Waals surface area contributed by atoms with Crippen molar-refractivity contribution in [2.75, 3.05) is 39.4 Å². The van der Waals surface area contributed by atoms with Gasteiger partial charge in [-0.25, -0.2) is 0 Å². The average Bonchev–Trinajstić information content (AvgIpc) is 2.61. The lowest BCUT2D eigenvalue weighted by Gasteiger charge is -2.35. The van der Waals surface area contributed by atoms with Crippen molar-refractivity contribution >= 4 is 0 Å². The number of nitrogens with one attached hydrogen (secondary N) is 1. The van der Waals surface area contributed by atoms with Crippen LogP contribution in [0, 0.1) is 5.92 Å². The zero-order valence-corrected chi connectivity index (χ0v) is 8.46. The van der Waals surface area contributed by atoms with E-state index in [1.165, 1.54) is 19.5 Å². The second-order valence-corrected chi connectivity index (χ2v) is 4.28. The van der Waals surface area contributed by atoms with E-state index in [1.807, 2.05) is 0 Å². The maximum atomic E-state index is 5.39. The van der Waals surface area contributed by atoms with Crippen LogP contribution in [0.15, 0.2) is 0 Å². The quantitative estimate of drug-likeness (QED) is 0.669. The first-order valence-electron chi connectivity index (χ1n) is 5.39. The molecule has 0 bridgehead atoms. The summed E-state index contributed by atoms with van der Waals surface area (Å²) in [7, 11) is 0. The maximum Gasteiger partial charge on any atom is 0.0507 e. The van der Waals surface area contributed by atoms with Gasteiger partial charge < -0.3 is 10.1 Å². The molecular formula is C10H20N2O. The fraction of sp³-hybridized carbons (Fsp3) is 1.00. The van der Waals surface area contributed by atoms with Gasteiger partial charge >= 0.3 is 0 Å². The van der Waals surface area contributed by atoms with Crippen molar-refractivity contribution in [1.82, 2.24) is 10.2 Å². The Kier molecular flexibility index (Phi) is 3.19. The Labute approximate surface area is 80.4 Å². The molecule has 0 aromatic heterocycles. The van der Waals surface area contributed by atoms with Crippen LogP contribution in [0.1, 0.15) is 13.3 Å². The smallest absolute Gasteiger partial charge is 0.0507 e. The zero-order chi connectivity index (χ0) is 9.10. The molecule has 2 saturated heterocycles. The van der Waals surface area contributed by atoms with Gasteiger partial charge in [-0.2, -0.15) is 0 Å². The molecule has 76 valence electrons. The van der Waals surface area contributed by atoms with E-state index in [0.717, 1.165) is 32.2 Å². The maximum absolute atomic E-state index is 5.39. The van der Waals surface area contributed by atoms with Gasteiger partial charge in [-0.05, 0) is 19.3 Å². The monoisotopic (exact) mass is 184 g/mol.